The van der Waals surface area contributed by atoms with Gasteiger partial charge >= 0.3 is 0 Å². The number of benzene rings is 2. The summed E-state index contributed by atoms with van der Waals surface area (Å²) in [5, 5.41) is 11.2. The summed E-state index contributed by atoms with van der Waals surface area (Å²) in [7, 11) is 0. The molecular weight excluding hydrogens is 304 g/mol. The molecule has 0 saturated heterocycles. The molecule has 0 aliphatic carbocycles. The second kappa shape index (κ2) is 7.23. The fourth-order valence-electron chi connectivity index (χ4n) is 3.21. The van der Waals surface area contributed by atoms with Gasteiger partial charge in [-0.25, -0.2) is 0 Å². The molecule has 1 N–H and O–H groups in total. The molecular formula is C24H34O. The first-order valence-electron chi connectivity index (χ1n) is 9.57. The molecule has 2 aromatic carbocycles. The molecule has 1 heteroatoms. The molecule has 0 heterocycles. The third-order valence-electron chi connectivity index (χ3n) is 6.18. The van der Waals surface area contributed by atoms with E-state index in [0.717, 1.165) is 24.0 Å². The lowest BCUT2D eigenvalue weighted by Gasteiger charge is -2.32. The summed E-state index contributed by atoms with van der Waals surface area (Å²) in [4.78, 5) is 0. The van der Waals surface area contributed by atoms with Gasteiger partial charge in [0.25, 0.3) is 0 Å². The van der Waals surface area contributed by atoms with Crippen LogP contribution in [0.2, 0.25) is 0 Å². The minimum Gasteiger partial charge on any atom is -0.507 e. The molecule has 0 fully saturated rings. The Balaban J connectivity index is 2.70. The number of phenols is 1. The predicted molar refractivity (Wildman–Crippen MR) is 109 cm³/mol. The Bertz CT molecular complexity index is 710. The zero-order valence-corrected chi connectivity index (χ0v) is 17.0. The van der Waals surface area contributed by atoms with E-state index >= 15 is 0 Å². The van der Waals surface area contributed by atoms with Crippen molar-refractivity contribution in [2.75, 3.05) is 0 Å². The van der Waals surface area contributed by atoms with Crippen molar-refractivity contribution in [3.63, 3.8) is 0 Å². The Labute approximate surface area is 154 Å². The molecule has 25 heavy (non-hydrogen) atoms. The van der Waals surface area contributed by atoms with E-state index in [1.165, 1.54) is 11.1 Å². The van der Waals surface area contributed by atoms with Crippen molar-refractivity contribution in [1.29, 1.82) is 0 Å². The van der Waals surface area contributed by atoms with E-state index in [9.17, 15) is 5.11 Å². The van der Waals surface area contributed by atoms with Gasteiger partial charge < -0.3 is 5.11 Å². The van der Waals surface area contributed by atoms with Gasteiger partial charge in [0.15, 0.2) is 0 Å². The molecule has 2 aromatic rings. The van der Waals surface area contributed by atoms with Crippen molar-refractivity contribution < 1.29 is 5.11 Å². The SMILES string of the molecule is CCC(C)(C)c1cc(C(C)c2ccccc2)c(O)c(C(C)(C)CC)c1. The van der Waals surface area contributed by atoms with Crippen molar-refractivity contribution in [2.24, 2.45) is 0 Å². The highest BCUT2D eigenvalue weighted by molar-refractivity contribution is 5.52. The van der Waals surface area contributed by atoms with Gasteiger partial charge in [-0.2, -0.15) is 0 Å². The van der Waals surface area contributed by atoms with Crippen LogP contribution in [-0.4, -0.2) is 5.11 Å². The van der Waals surface area contributed by atoms with Gasteiger partial charge in [-0.1, -0.05) is 90.9 Å². The topological polar surface area (TPSA) is 20.2 Å². The van der Waals surface area contributed by atoms with Gasteiger partial charge in [0.1, 0.15) is 5.75 Å². The lowest BCUT2D eigenvalue weighted by molar-refractivity contribution is 0.418. The Morgan fingerprint density at radius 1 is 0.880 bits per heavy atom. The first-order valence-corrected chi connectivity index (χ1v) is 9.57. The summed E-state index contributed by atoms with van der Waals surface area (Å²) >= 11 is 0. The van der Waals surface area contributed by atoms with Crippen LogP contribution in [0.4, 0.5) is 0 Å². The van der Waals surface area contributed by atoms with E-state index in [2.05, 4.69) is 84.9 Å². The van der Waals surface area contributed by atoms with Gasteiger partial charge in [0, 0.05) is 17.0 Å². The lowest BCUT2D eigenvalue weighted by Crippen LogP contribution is -2.21. The number of hydrogen-bond acceptors (Lipinski definition) is 1. The smallest absolute Gasteiger partial charge is 0.123 e. The van der Waals surface area contributed by atoms with E-state index < -0.39 is 0 Å². The normalized spacial score (nSPS) is 13.7. The molecule has 1 atom stereocenters. The zero-order valence-electron chi connectivity index (χ0n) is 17.0. The third-order valence-corrected chi connectivity index (χ3v) is 6.18. The van der Waals surface area contributed by atoms with Gasteiger partial charge in [-0.3, -0.25) is 0 Å². The van der Waals surface area contributed by atoms with Crippen molar-refractivity contribution in [1.82, 2.24) is 0 Å². The molecule has 0 saturated carbocycles. The molecule has 0 spiro atoms. The molecule has 0 aliphatic heterocycles. The average molecular weight is 339 g/mol. The lowest BCUT2D eigenvalue weighted by atomic mass is 9.73. The monoisotopic (exact) mass is 338 g/mol. The number of hydrogen-bond donors (Lipinski definition) is 1. The molecule has 2 rings (SSSR count). The van der Waals surface area contributed by atoms with Crippen LogP contribution in [0.15, 0.2) is 42.5 Å². The van der Waals surface area contributed by atoms with Crippen LogP contribution in [0.5, 0.6) is 5.75 Å². The van der Waals surface area contributed by atoms with Crippen molar-refractivity contribution in [2.45, 2.75) is 78.1 Å². The maximum atomic E-state index is 11.2. The third kappa shape index (κ3) is 3.92. The summed E-state index contributed by atoms with van der Waals surface area (Å²) < 4.78 is 0. The van der Waals surface area contributed by atoms with Crippen molar-refractivity contribution >= 4 is 0 Å². The van der Waals surface area contributed by atoms with E-state index in [1.807, 2.05) is 6.07 Å². The standard InChI is InChI=1S/C24H34O/c1-8-23(4,5)19-15-20(17(3)18-13-11-10-12-14-18)22(25)21(16-19)24(6,7)9-2/h10-17,25H,8-9H2,1-7H3. The van der Waals surface area contributed by atoms with E-state index in [0.29, 0.717) is 5.75 Å². The molecule has 0 aromatic heterocycles. The van der Waals surface area contributed by atoms with Crippen LogP contribution in [0.1, 0.15) is 89.5 Å². The molecule has 0 aliphatic rings. The quantitative estimate of drug-likeness (QED) is 0.606. The first kappa shape index (κ1) is 19.6. The average Bonchev–Trinajstić information content (AvgIpc) is 2.61. The minimum absolute atomic E-state index is 0.0466. The summed E-state index contributed by atoms with van der Waals surface area (Å²) in [6.07, 6.45) is 2.07. The Hall–Kier alpha value is -1.76. The second-order valence-electron chi connectivity index (χ2n) is 8.57. The Morgan fingerprint density at radius 2 is 1.44 bits per heavy atom. The molecule has 0 radical (unpaired) electrons. The maximum absolute atomic E-state index is 11.2. The molecule has 136 valence electrons. The first-order chi connectivity index (χ1) is 11.6. The largest absolute Gasteiger partial charge is 0.507 e. The summed E-state index contributed by atoms with van der Waals surface area (Å²) in [5.74, 6) is 0.638. The number of phenolic OH excluding ortho intramolecular Hbond substituents is 1. The van der Waals surface area contributed by atoms with Crippen LogP contribution in [0.3, 0.4) is 0 Å². The molecule has 0 amide bonds. The molecule has 1 nitrogen and oxygen atoms in total. The van der Waals surface area contributed by atoms with Crippen LogP contribution in [0, 0.1) is 0 Å². The van der Waals surface area contributed by atoms with Crippen molar-refractivity contribution in [3.8, 4) is 5.75 Å². The maximum Gasteiger partial charge on any atom is 0.123 e. The minimum atomic E-state index is -0.0466. The van der Waals surface area contributed by atoms with Crippen LogP contribution >= 0.6 is 0 Å². The van der Waals surface area contributed by atoms with Gasteiger partial charge in [-0.15, -0.1) is 0 Å². The number of rotatable bonds is 6. The van der Waals surface area contributed by atoms with Gasteiger partial charge in [0.05, 0.1) is 0 Å². The van der Waals surface area contributed by atoms with E-state index in [-0.39, 0.29) is 16.7 Å². The van der Waals surface area contributed by atoms with E-state index in [1.54, 1.807) is 0 Å². The summed E-state index contributed by atoms with van der Waals surface area (Å²) in [5.41, 5.74) is 4.73. The highest BCUT2D eigenvalue weighted by atomic mass is 16.3. The van der Waals surface area contributed by atoms with E-state index in [4.69, 9.17) is 0 Å². The van der Waals surface area contributed by atoms with Crippen LogP contribution in [-0.2, 0) is 10.8 Å². The zero-order chi connectivity index (χ0) is 18.8. The Kier molecular flexibility index (Phi) is 5.66. The Morgan fingerprint density at radius 3 is 1.96 bits per heavy atom. The van der Waals surface area contributed by atoms with Gasteiger partial charge in [-0.05, 0) is 34.8 Å². The summed E-state index contributed by atoms with van der Waals surface area (Å²) in [6, 6.07) is 14.9. The fraction of sp³-hybridized carbons (Fsp3) is 0.500. The molecule has 1 unspecified atom stereocenters. The van der Waals surface area contributed by atoms with Crippen molar-refractivity contribution in [3.05, 3.63) is 64.7 Å². The highest BCUT2D eigenvalue weighted by Gasteiger charge is 2.29. The molecule has 0 bridgehead atoms. The van der Waals surface area contributed by atoms with Crippen LogP contribution < -0.4 is 0 Å². The number of aromatic hydroxyl groups is 1. The van der Waals surface area contributed by atoms with Crippen LogP contribution in [0.25, 0.3) is 0 Å². The predicted octanol–water partition coefficient (Wildman–Crippen LogP) is 6.92. The van der Waals surface area contributed by atoms with Gasteiger partial charge in [0.2, 0.25) is 0 Å². The highest BCUT2D eigenvalue weighted by Crippen LogP contribution is 2.43. The second-order valence-corrected chi connectivity index (χ2v) is 8.57. The summed E-state index contributed by atoms with van der Waals surface area (Å²) in [6.45, 7) is 15.6. The fourth-order valence-corrected chi connectivity index (χ4v) is 3.21.